The highest BCUT2D eigenvalue weighted by atomic mass is 32.2. The van der Waals surface area contributed by atoms with Crippen molar-refractivity contribution >= 4 is 39.2 Å². The van der Waals surface area contributed by atoms with Crippen LogP contribution in [0.1, 0.15) is 11.7 Å². The molecule has 0 amide bonds. The maximum atomic E-state index is 12.4. The molecule has 0 spiro atoms. The van der Waals surface area contributed by atoms with Gasteiger partial charge in [-0.2, -0.15) is 4.72 Å². The molecule has 2 N–H and O–H groups in total. The van der Waals surface area contributed by atoms with Crippen molar-refractivity contribution < 1.29 is 8.42 Å². The molecule has 2 aromatic rings. The molecule has 0 saturated carbocycles. The van der Waals surface area contributed by atoms with E-state index in [0.717, 1.165) is 5.56 Å². The van der Waals surface area contributed by atoms with Crippen LogP contribution in [0.3, 0.4) is 0 Å². The number of thiol groups is 1. The minimum Gasteiger partial charge on any atom is -0.351 e. The second kappa shape index (κ2) is 7.04. The van der Waals surface area contributed by atoms with Crippen molar-refractivity contribution in [3.05, 3.63) is 66.2 Å². The molecule has 2 aromatic carbocycles. The van der Waals surface area contributed by atoms with Crippen LogP contribution < -0.4 is 10.0 Å². The van der Waals surface area contributed by atoms with Crippen LogP contribution in [0.25, 0.3) is 0 Å². The quantitative estimate of drug-likeness (QED) is 0.445. The lowest BCUT2D eigenvalue weighted by atomic mass is 10.2. The van der Waals surface area contributed by atoms with Gasteiger partial charge in [-0.3, -0.25) is 0 Å². The molecule has 0 unspecified atom stereocenters. The summed E-state index contributed by atoms with van der Waals surface area (Å²) in [5.74, 6) is 0. The molecule has 0 fully saturated rings. The molecule has 0 bridgehead atoms. The third-order valence-electron chi connectivity index (χ3n) is 2.73. The van der Waals surface area contributed by atoms with Crippen LogP contribution >= 0.6 is 24.8 Å². The number of thiocarbonyl (C=S) groups is 1. The summed E-state index contributed by atoms with van der Waals surface area (Å²) in [7, 11) is -3.66. The molecular weight excluding hydrogens is 324 g/mol. The molecular formula is C14H14N2O2S3. The Kier molecular flexibility index (Phi) is 5.35. The molecule has 0 aliphatic heterocycles. The average molecular weight is 338 g/mol. The molecule has 0 radical (unpaired) electrons. The van der Waals surface area contributed by atoms with Crippen molar-refractivity contribution in [3.63, 3.8) is 0 Å². The van der Waals surface area contributed by atoms with Gasteiger partial charge in [0.15, 0.2) is 0 Å². The number of hydrogen-bond donors (Lipinski definition) is 3. The molecule has 2 rings (SSSR count). The highest BCUT2D eigenvalue weighted by molar-refractivity contribution is 8.11. The predicted molar refractivity (Wildman–Crippen MR) is 90.7 cm³/mol. The molecule has 0 aliphatic rings. The highest BCUT2D eigenvalue weighted by Crippen LogP contribution is 2.15. The molecule has 1 atom stereocenters. The Bertz CT molecular complexity index is 704. The number of nitrogens with one attached hydrogen (secondary N) is 2. The number of benzene rings is 2. The van der Waals surface area contributed by atoms with Crippen LogP contribution in [-0.4, -0.2) is 12.7 Å². The molecule has 7 heteroatoms. The maximum absolute atomic E-state index is 12.4. The van der Waals surface area contributed by atoms with Gasteiger partial charge in [0, 0.05) is 0 Å². The summed E-state index contributed by atoms with van der Waals surface area (Å²) >= 11 is 8.91. The van der Waals surface area contributed by atoms with Crippen molar-refractivity contribution in [1.29, 1.82) is 0 Å². The second-order valence-electron chi connectivity index (χ2n) is 4.23. The first kappa shape index (κ1) is 16.0. The van der Waals surface area contributed by atoms with E-state index in [0.29, 0.717) is 0 Å². The number of hydrogen-bond acceptors (Lipinski definition) is 3. The van der Waals surface area contributed by atoms with Gasteiger partial charge in [-0.15, -0.1) is 12.6 Å². The standard InChI is InChI=1S/C14H14N2O2S3/c17-21(18,12-9-5-2-6-10-12)16-13(15-14(19)20)11-7-3-1-4-8-11/h1-10,13,16H,(H2,15,19,20)/t13-/m0/s1. The first-order chi connectivity index (χ1) is 9.99. The summed E-state index contributed by atoms with van der Waals surface area (Å²) in [6.07, 6.45) is -0.679. The van der Waals surface area contributed by atoms with Crippen LogP contribution in [-0.2, 0) is 10.0 Å². The Hall–Kier alpha value is -1.41. The molecule has 0 heterocycles. The summed E-state index contributed by atoms with van der Waals surface area (Å²) in [6.45, 7) is 0. The average Bonchev–Trinajstić information content (AvgIpc) is 2.48. The largest absolute Gasteiger partial charge is 0.351 e. The first-order valence-corrected chi connectivity index (χ1v) is 8.45. The van der Waals surface area contributed by atoms with E-state index in [-0.39, 0.29) is 9.22 Å². The second-order valence-corrected chi connectivity index (χ2v) is 7.10. The summed E-state index contributed by atoms with van der Waals surface area (Å²) < 4.78 is 27.5. The monoisotopic (exact) mass is 338 g/mol. The van der Waals surface area contributed by atoms with E-state index in [2.05, 4.69) is 22.7 Å². The van der Waals surface area contributed by atoms with E-state index >= 15 is 0 Å². The fourth-order valence-electron chi connectivity index (χ4n) is 1.77. The smallest absolute Gasteiger partial charge is 0.242 e. The lowest BCUT2D eigenvalue weighted by Gasteiger charge is -2.20. The van der Waals surface area contributed by atoms with E-state index < -0.39 is 16.2 Å². The number of sulfonamides is 1. The molecule has 110 valence electrons. The highest BCUT2D eigenvalue weighted by Gasteiger charge is 2.21. The fraction of sp³-hybridized carbons (Fsp3) is 0.0714. The Balaban J connectivity index is 2.29. The van der Waals surface area contributed by atoms with E-state index in [1.165, 1.54) is 12.1 Å². The van der Waals surface area contributed by atoms with Gasteiger partial charge in [0.1, 0.15) is 10.5 Å². The Labute approximate surface area is 135 Å². The van der Waals surface area contributed by atoms with Crippen molar-refractivity contribution in [3.8, 4) is 0 Å². The van der Waals surface area contributed by atoms with Crippen molar-refractivity contribution in [1.82, 2.24) is 10.0 Å². The van der Waals surface area contributed by atoms with Gasteiger partial charge in [-0.25, -0.2) is 8.42 Å². The van der Waals surface area contributed by atoms with Crippen LogP contribution in [0.4, 0.5) is 0 Å². The van der Waals surface area contributed by atoms with Crippen LogP contribution in [0.15, 0.2) is 65.6 Å². The normalized spacial score (nSPS) is 12.6. The van der Waals surface area contributed by atoms with Gasteiger partial charge in [0.05, 0.1) is 4.90 Å². The van der Waals surface area contributed by atoms with Gasteiger partial charge in [0.25, 0.3) is 0 Å². The Morgan fingerprint density at radius 3 is 2.05 bits per heavy atom. The summed E-state index contributed by atoms with van der Waals surface area (Å²) in [4.78, 5) is 0.192. The zero-order chi connectivity index (χ0) is 15.3. The van der Waals surface area contributed by atoms with Crippen LogP contribution in [0.5, 0.6) is 0 Å². The maximum Gasteiger partial charge on any atom is 0.242 e. The van der Waals surface area contributed by atoms with Crippen LogP contribution in [0.2, 0.25) is 0 Å². The predicted octanol–water partition coefficient (Wildman–Crippen LogP) is 2.47. The van der Waals surface area contributed by atoms with Crippen molar-refractivity contribution in [2.45, 2.75) is 11.1 Å². The number of rotatable bonds is 5. The SMILES string of the molecule is O=S(=O)(N[C@H](NC(=S)S)c1ccccc1)c1ccccc1. The molecule has 21 heavy (non-hydrogen) atoms. The lowest BCUT2D eigenvalue weighted by Crippen LogP contribution is -2.39. The van der Waals surface area contributed by atoms with Crippen molar-refractivity contribution in [2.75, 3.05) is 0 Å². The van der Waals surface area contributed by atoms with Gasteiger partial charge < -0.3 is 5.32 Å². The topological polar surface area (TPSA) is 58.2 Å². The third kappa shape index (κ3) is 4.53. The van der Waals surface area contributed by atoms with E-state index in [9.17, 15) is 8.42 Å². The molecule has 0 aliphatic carbocycles. The van der Waals surface area contributed by atoms with Gasteiger partial charge in [0.2, 0.25) is 10.0 Å². The molecule has 0 aromatic heterocycles. The van der Waals surface area contributed by atoms with Gasteiger partial charge in [-0.1, -0.05) is 60.7 Å². The first-order valence-electron chi connectivity index (χ1n) is 6.11. The summed E-state index contributed by atoms with van der Waals surface area (Å²) in [5.41, 5.74) is 0.744. The minimum atomic E-state index is -3.66. The van der Waals surface area contributed by atoms with Gasteiger partial charge in [-0.05, 0) is 17.7 Å². The Morgan fingerprint density at radius 2 is 1.52 bits per heavy atom. The zero-order valence-corrected chi connectivity index (χ0v) is 13.5. The Morgan fingerprint density at radius 1 is 1.00 bits per heavy atom. The van der Waals surface area contributed by atoms with E-state index in [1.54, 1.807) is 30.3 Å². The molecule has 4 nitrogen and oxygen atoms in total. The van der Waals surface area contributed by atoms with Gasteiger partial charge >= 0.3 is 0 Å². The zero-order valence-electron chi connectivity index (χ0n) is 10.9. The lowest BCUT2D eigenvalue weighted by molar-refractivity contribution is 0.547. The fourth-order valence-corrected chi connectivity index (χ4v) is 3.18. The van der Waals surface area contributed by atoms with E-state index in [1.807, 2.05) is 18.2 Å². The summed E-state index contributed by atoms with van der Waals surface area (Å²) in [5, 5.41) is 2.83. The minimum absolute atomic E-state index is 0.192. The summed E-state index contributed by atoms with van der Waals surface area (Å²) in [6, 6.07) is 17.3. The van der Waals surface area contributed by atoms with E-state index in [4.69, 9.17) is 12.2 Å². The molecule has 0 saturated heterocycles. The van der Waals surface area contributed by atoms with Crippen LogP contribution in [0, 0.1) is 0 Å². The third-order valence-corrected chi connectivity index (χ3v) is 4.41. The van der Waals surface area contributed by atoms with Crippen molar-refractivity contribution in [2.24, 2.45) is 0 Å².